The van der Waals surface area contributed by atoms with Gasteiger partial charge >= 0.3 is 0 Å². The molecule has 1 fully saturated rings. The first kappa shape index (κ1) is 11.7. The second-order valence-electron chi connectivity index (χ2n) is 5.51. The molecule has 1 atom stereocenters. The summed E-state index contributed by atoms with van der Waals surface area (Å²) in [5.74, 6) is 0.171. The second kappa shape index (κ2) is 4.73. The lowest BCUT2D eigenvalue weighted by molar-refractivity contribution is -0.122. The molecule has 0 radical (unpaired) electrons. The van der Waals surface area contributed by atoms with E-state index < -0.39 is 0 Å². The van der Waals surface area contributed by atoms with Crippen LogP contribution >= 0.6 is 0 Å². The highest BCUT2D eigenvalue weighted by Crippen LogP contribution is 2.34. The van der Waals surface area contributed by atoms with E-state index in [-0.39, 0.29) is 5.91 Å². The number of rotatable bonds is 4. The predicted octanol–water partition coefficient (Wildman–Crippen LogP) is 1.88. The molecule has 1 amide bonds. The normalized spacial score (nSPS) is 22.0. The minimum absolute atomic E-state index is 0.171. The third-order valence-electron chi connectivity index (χ3n) is 3.97. The summed E-state index contributed by atoms with van der Waals surface area (Å²) in [4.78, 5) is 14.0. The van der Waals surface area contributed by atoms with Crippen LogP contribution in [-0.4, -0.2) is 30.4 Å². The molecule has 1 aromatic carbocycles. The lowest BCUT2D eigenvalue weighted by Gasteiger charge is -2.24. The van der Waals surface area contributed by atoms with Crippen LogP contribution in [0.5, 0.6) is 0 Å². The average molecular weight is 244 g/mol. The Hall–Kier alpha value is -1.35. The lowest BCUT2D eigenvalue weighted by atomic mass is 10.1. The molecule has 0 heterocycles. The van der Waals surface area contributed by atoms with Crippen LogP contribution in [0.25, 0.3) is 0 Å². The van der Waals surface area contributed by atoms with E-state index in [2.05, 4.69) is 41.5 Å². The highest BCUT2D eigenvalue weighted by Gasteiger charge is 2.28. The van der Waals surface area contributed by atoms with Gasteiger partial charge in [0.25, 0.3) is 0 Å². The monoisotopic (exact) mass is 244 g/mol. The second-order valence-corrected chi connectivity index (χ2v) is 5.51. The van der Waals surface area contributed by atoms with Gasteiger partial charge in [-0.15, -0.1) is 0 Å². The van der Waals surface area contributed by atoms with E-state index >= 15 is 0 Å². The molecule has 3 nitrogen and oxygen atoms in total. The predicted molar refractivity (Wildman–Crippen MR) is 71.3 cm³/mol. The maximum Gasteiger partial charge on any atom is 0.234 e. The SMILES string of the molecule is CN(CC(=O)NC1CC1)C1CCc2ccccc21. The topological polar surface area (TPSA) is 32.3 Å². The smallest absolute Gasteiger partial charge is 0.234 e. The Morgan fingerprint density at radius 1 is 1.33 bits per heavy atom. The molecule has 1 saturated carbocycles. The first-order valence-electron chi connectivity index (χ1n) is 6.81. The van der Waals surface area contributed by atoms with Crippen LogP contribution in [0, 0.1) is 0 Å². The summed E-state index contributed by atoms with van der Waals surface area (Å²) in [6, 6.07) is 9.46. The number of likely N-dealkylation sites (N-methyl/N-ethyl adjacent to an activating group) is 1. The minimum atomic E-state index is 0.171. The third kappa shape index (κ3) is 2.41. The van der Waals surface area contributed by atoms with Crippen molar-refractivity contribution in [1.29, 1.82) is 0 Å². The molecule has 2 aliphatic carbocycles. The fourth-order valence-electron chi connectivity index (χ4n) is 2.83. The van der Waals surface area contributed by atoms with Crippen molar-refractivity contribution in [2.24, 2.45) is 0 Å². The van der Waals surface area contributed by atoms with Crippen LogP contribution in [0.1, 0.15) is 36.4 Å². The largest absolute Gasteiger partial charge is 0.352 e. The van der Waals surface area contributed by atoms with E-state index in [1.165, 1.54) is 11.1 Å². The fraction of sp³-hybridized carbons (Fsp3) is 0.533. The summed E-state index contributed by atoms with van der Waals surface area (Å²) in [5, 5.41) is 3.05. The van der Waals surface area contributed by atoms with Gasteiger partial charge in [-0.2, -0.15) is 0 Å². The molecule has 1 N–H and O–H groups in total. The van der Waals surface area contributed by atoms with Crippen LogP contribution in [0.15, 0.2) is 24.3 Å². The van der Waals surface area contributed by atoms with Gasteiger partial charge in [-0.1, -0.05) is 24.3 Å². The number of carbonyl (C=O) groups is 1. The van der Waals surface area contributed by atoms with Gasteiger partial charge in [-0.3, -0.25) is 9.69 Å². The van der Waals surface area contributed by atoms with Gasteiger partial charge in [0, 0.05) is 12.1 Å². The number of benzene rings is 1. The zero-order valence-electron chi connectivity index (χ0n) is 10.9. The number of amides is 1. The summed E-state index contributed by atoms with van der Waals surface area (Å²) < 4.78 is 0. The number of nitrogens with zero attached hydrogens (tertiary/aromatic N) is 1. The standard InChI is InChI=1S/C15H20N2O/c1-17(10-15(18)16-12-7-8-12)14-9-6-11-4-2-3-5-13(11)14/h2-5,12,14H,6-10H2,1H3,(H,16,18). The molecule has 3 heteroatoms. The van der Waals surface area contributed by atoms with E-state index in [1.807, 2.05) is 0 Å². The van der Waals surface area contributed by atoms with Gasteiger partial charge in [0.15, 0.2) is 0 Å². The molecule has 0 aliphatic heterocycles. The Morgan fingerprint density at radius 2 is 2.11 bits per heavy atom. The van der Waals surface area contributed by atoms with Crippen LogP contribution in [0.2, 0.25) is 0 Å². The van der Waals surface area contributed by atoms with Gasteiger partial charge < -0.3 is 5.32 Å². The lowest BCUT2D eigenvalue weighted by Crippen LogP contribution is -2.37. The molecule has 3 rings (SSSR count). The Labute approximate surface area is 108 Å². The van der Waals surface area contributed by atoms with Gasteiger partial charge in [-0.05, 0) is 43.9 Å². The number of aryl methyl sites for hydroxylation is 1. The Morgan fingerprint density at radius 3 is 2.89 bits per heavy atom. The molecule has 1 aromatic rings. The van der Waals surface area contributed by atoms with Gasteiger partial charge in [0.1, 0.15) is 0 Å². The van der Waals surface area contributed by atoms with Crippen LogP contribution in [-0.2, 0) is 11.2 Å². The van der Waals surface area contributed by atoms with Crippen molar-refractivity contribution in [3.63, 3.8) is 0 Å². The molecular formula is C15H20N2O. The van der Waals surface area contributed by atoms with Crippen LogP contribution in [0.3, 0.4) is 0 Å². The molecule has 1 unspecified atom stereocenters. The molecule has 0 bridgehead atoms. The zero-order valence-corrected chi connectivity index (χ0v) is 10.9. The van der Waals surface area contributed by atoms with Crippen molar-refractivity contribution in [1.82, 2.24) is 10.2 Å². The Kier molecular flexibility index (Phi) is 3.08. The number of fused-ring (bicyclic) bond motifs is 1. The van der Waals surface area contributed by atoms with Gasteiger partial charge in [-0.25, -0.2) is 0 Å². The quantitative estimate of drug-likeness (QED) is 0.877. The zero-order chi connectivity index (χ0) is 12.5. The van der Waals surface area contributed by atoms with Crippen molar-refractivity contribution in [2.75, 3.05) is 13.6 Å². The number of carbonyl (C=O) groups excluding carboxylic acids is 1. The molecule has 0 aromatic heterocycles. The minimum Gasteiger partial charge on any atom is -0.352 e. The summed E-state index contributed by atoms with van der Waals surface area (Å²) in [6.07, 6.45) is 4.57. The molecule has 0 saturated heterocycles. The first-order chi connectivity index (χ1) is 8.74. The highest BCUT2D eigenvalue weighted by atomic mass is 16.2. The number of hydrogen-bond donors (Lipinski definition) is 1. The fourth-order valence-corrected chi connectivity index (χ4v) is 2.83. The molecular weight excluding hydrogens is 224 g/mol. The van der Waals surface area contributed by atoms with Crippen LogP contribution < -0.4 is 5.32 Å². The number of nitrogens with one attached hydrogen (secondary N) is 1. The third-order valence-corrected chi connectivity index (χ3v) is 3.97. The van der Waals surface area contributed by atoms with E-state index in [9.17, 15) is 4.79 Å². The summed E-state index contributed by atoms with van der Waals surface area (Å²) in [6.45, 7) is 0.509. The summed E-state index contributed by atoms with van der Waals surface area (Å²) in [5.41, 5.74) is 2.84. The van der Waals surface area contributed by atoms with E-state index in [1.54, 1.807) is 0 Å². The van der Waals surface area contributed by atoms with E-state index in [0.29, 0.717) is 18.6 Å². The van der Waals surface area contributed by atoms with Crippen molar-refractivity contribution >= 4 is 5.91 Å². The van der Waals surface area contributed by atoms with Gasteiger partial charge in [0.05, 0.1) is 6.54 Å². The van der Waals surface area contributed by atoms with E-state index in [4.69, 9.17) is 0 Å². The maximum absolute atomic E-state index is 11.8. The van der Waals surface area contributed by atoms with Crippen molar-refractivity contribution < 1.29 is 4.79 Å². The Bertz CT molecular complexity index is 454. The van der Waals surface area contributed by atoms with E-state index in [0.717, 1.165) is 25.7 Å². The molecule has 18 heavy (non-hydrogen) atoms. The average Bonchev–Trinajstić information content (AvgIpc) is 3.06. The van der Waals surface area contributed by atoms with Crippen LogP contribution in [0.4, 0.5) is 0 Å². The summed E-state index contributed by atoms with van der Waals surface area (Å²) in [7, 11) is 2.05. The highest BCUT2D eigenvalue weighted by molar-refractivity contribution is 5.78. The molecule has 96 valence electrons. The van der Waals surface area contributed by atoms with Gasteiger partial charge in [0.2, 0.25) is 5.91 Å². The summed E-state index contributed by atoms with van der Waals surface area (Å²) >= 11 is 0. The Balaban J connectivity index is 1.62. The van der Waals surface area contributed by atoms with Crippen molar-refractivity contribution in [3.8, 4) is 0 Å². The molecule has 0 spiro atoms. The first-order valence-corrected chi connectivity index (χ1v) is 6.81. The maximum atomic E-state index is 11.8. The number of hydrogen-bond acceptors (Lipinski definition) is 2. The van der Waals surface area contributed by atoms with Crippen molar-refractivity contribution in [2.45, 2.75) is 37.8 Å². The van der Waals surface area contributed by atoms with Crippen molar-refractivity contribution in [3.05, 3.63) is 35.4 Å². The molecule has 2 aliphatic rings.